The summed E-state index contributed by atoms with van der Waals surface area (Å²) in [4.78, 5) is -0.105. The van der Waals surface area contributed by atoms with E-state index in [0.29, 0.717) is 22.3 Å². The first kappa shape index (κ1) is 18.2. The number of sulfonamides is 1. The molecule has 0 heterocycles. The van der Waals surface area contributed by atoms with Crippen LogP contribution in [0, 0.1) is 24.4 Å². The number of aryl methyl sites for hydroxylation is 1. The molecule has 7 heteroatoms. The molecule has 26 heavy (non-hydrogen) atoms. The van der Waals surface area contributed by atoms with E-state index in [1.54, 1.807) is 19.1 Å². The van der Waals surface area contributed by atoms with Crippen molar-refractivity contribution in [2.75, 3.05) is 0 Å². The predicted molar refractivity (Wildman–Crippen MR) is 93.3 cm³/mol. The van der Waals surface area contributed by atoms with Crippen molar-refractivity contribution in [2.45, 2.75) is 11.8 Å². The van der Waals surface area contributed by atoms with Crippen LogP contribution in [-0.4, -0.2) is 8.42 Å². The van der Waals surface area contributed by atoms with E-state index in [0.717, 1.165) is 12.1 Å². The van der Waals surface area contributed by atoms with Crippen LogP contribution in [0.2, 0.25) is 0 Å². The first-order valence-corrected chi connectivity index (χ1v) is 9.10. The molecule has 3 rings (SSSR count). The monoisotopic (exact) mass is 377 g/mol. The largest absolute Gasteiger partial charge is 0.238 e. The number of benzene rings is 3. The van der Waals surface area contributed by atoms with E-state index in [9.17, 15) is 21.6 Å². The van der Waals surface area contributed by atoms with Crippen LogP contribution in [0.1, 0.15) is 5.56 Å². The summed E-state index contributed by atoms with van der Waals surface area (Å²) in [6.07, 6.45) is 0. The molecule has 2 N–H and O–H groups in total. The summed E-state index contributed by atoms with van der Waals surface area (Å²) in [5.41, 5.74) is 1.82. The van der Waals surface area contributed by atoms with E-state index in [2.05, 4.69) is 0 Å². The van der Waals surface area contributed by atoms with Crippen LogP contribution in [0.25, 0.3) is 22.3 Å². The number of nitrogens with two attached hydrogens (primary N) is 1. The molecular formula is C19H14F3NO2S. The lowest BCUT2D eigenvalue weighted by atomic mass is 9.93. The minimum atomic E-state index is -3.87. The first-order chi connectivity index (χ1) is 12.2. The van der Waals surface area contributed by atoms with E-state index in [-0.39, 0.29) is 10.5 Å². The fraction of sp³-hybridized carbons (Fsp3) is 0.0526. The zero-order valence-electron chi connectivity index (χ0n) is 13.6. The van der Waals surface area contributed by atoms with Crippen LogP contribution in [0.3, 0.4) is 0 Å². The summed E-state index contributed by atoms with van der Waals surface area (Å²) in [6, 6.07) is 11.8. The van der Waals surface area contributed by atoms with Crippen molar-refractivity contribution < 1.29 is 21.6 Å². The van der Waals surface area contributed by atoms with Crippen LogP contribution in [0.15, 0.2) is 59.5 Å². The van der Waals surface area contributed by atoms with E-state index >= 15 is 0 Å². The van der Waals surface area contributed by atoms with Gasteiger partial charge in [0.05, 0.1) is 4.90 Å². The van der Waals surface area contributed by atoms with E-state index < -0.39 is 27.5 Å². The predicted octanol–water partition coefficient (Wildman–Crippen LogP) is 4.39. The molecule has 0 bridgehead atoms. The van der Waals surface area contributed by atoms with Crippen LogP contribution < -0.4 is 5.14 Å². The van der Waals surface area contributed by atoms with Crippen molar-refractivity contribution in [3.63, 3.8) is 0 Å². The molecule has 0 aromatic heterocycles. The van der Waals surface area contributed by atoms with Gasteiger partial charge in [-0.1, -0.05) is 24.3 Å². The van der Waals surface area contributed by atoms with Crippen LogP contribution >= 0.6 is 0 Å². The molecule has 0 saturated carbocycles. The highest BCUT2D eigenvalue weighted by molar-refractivity contribution is 7.89. The van der Waals surface area contributed by atoms with Crippen molar-refractivity contribution in [1.29, 1.82) is 0 Å². The molecule has 0 spiro atoms. The zero-order chi connectivity index (χ0) is 19.1. The Balaban J connectivity index is 2.20. The third kappa shape index (κ3) is 3.49. The third-order valence-corrected chi connectivity index (χ3v) is 4.97. The van der Waals surface area contributed by atoms with Gasteiger partial charge in [0, 0.05) is 0 Å². The molecule has 134 valence electrons. The highest BCUT2D eigenvalue weighted by atomic mass is 32.2. The molecule has 0 amide bonds. The molecular weight excluding hydrogens is 363 g/mol. The molecule has 0 aliphatic heterocycles. The highest BCUT2D eigenvalue weighted by Crippen LogP contribution is 2.35. The summed E-state index contributed by atoms with van der Waals surface area (Å²) in [7, 11) is -3.87. The van der Waals surface area contributed by atoms with Crippen molar-refractivity contribution in [1.82, 2.24) is 0 Å². The highest BCUT2D eigenvalue weighted by Gasteiger charge is 2.15. The Morgan fingerprint density at radius 2 is 1.23 bits per heavy atom. The second-order valence-electron chi connectivity index (χ2n) is 5.85. The summed E-state index contributed by atoms with van der Waals surface area (Å²) in [5.74, 6) is -2.60. The second-order valence-corrected chi connectivity index (χ2v) is 7.41. The third-order valence-electron chi connectivity index (χ3n) is 4.04. The number of halogens is 3. The Hall–Kier alpha value is -2.64. The summed E-state index contributed by atoms with van der Waals surface area (Å²) in [5, 5.41) is 5.06. The van der Waals surface area contributed by atoms with Crippen molar-refractivity contribution in [3.8, 4) is 22.3 Å². The smallest absolute Gasteiger partial charge is 0.225 e. The fourth-order valence-electron chi connectivity index (χ4n) is 2.61. The van der Waals surface area contributed by atoms with Crippen molar-refractivity contribution in [2.24, 2.45) is 5.14 Å². The summed E-state index contributed by atoms with van der Waals surface area (Å²) >= 11 is 0. The molecule has 3 nitrogen and oxygen atoms in total. The first-order valence-electron chi connectivity index (χ1n) is 7.55. The molecule has 0 aliphatic rings. The number of rotatable bonds is 3. The van der Waals surface area contributed by atoms with Gasteiger partial charge in [-0.3, -0.25) is 0 Å². The lowest BCUT2D eigenvalue weighted by molar-refractivity contribution is 0.509. The van der Waals surface area contributed by atoms with Crippen molar-refractivity contribution in [3.05, 3.63) is 77.6 Å². The van der Waals surface area contributed by atoms with Gasteiger partial charge in [0.25, 0.3) is 0 Å². The fourth-order valence-corrected chi connectivity index (χ4v) is 3.12. The molecule has 3 aromatic rings. The molecule has 0 saturated heterocycles. The summed E-state index contributed by atoms with van der Waals surface area (Å²) in [6.45, 7) is 1.59. The van der Waals surface area contributed by atoms with Gasteiger partial charge in [-0.25, -0.2) is 26.7 Å². The Bertz CT molecular complexity index is 1090. The zero-order valence-corrected chi connectivity index (χ0v) is 14.4. The number of primary sulfonamides is 1. The minimum absolute atomic E-state index is 0.105. The normalized spacial score (nSPS) is 11.6. The van der Waals surface area contributed by atoms with Gasteiger partial charge in [-0.05, 0) is 65.1 Å². The van der Waals surface area contributed by atoms with E-state index in [1.807, 2.05) is 0 Å². The Morgan fingerprint density at radius 3 is 1.73 bits per heavy atom. The van der Waals surface area contributed by atoms with Crippen LogP contribution in [-0.2, 0) is 10.0 Å². The molecule has 0 radical (unpaired) electrons. The average molecular weight is 377 g/mol. The quantitative estimate of drug-likeness (QED) is 0.736. The SMILES string of the molecule is Cc1ccc(-c2cc(F)c(F)cc2-c2ccc(S(N)(=O)=O)cc2)cc1F. The maximum absolute atomic E-state index is 13.9. The molecule has 3 aromatic carbocycles. The van der Waals surface area contributed by atoms with E-state index in [4.69, 9.17) is 5.14 Å². The lowest BCUT2D eigenvalue weighted by Crippen LogP contribution is -2.11. The maximum Gasteiger partial charge on any atom is 0.238 e. The van der Waals surface area contributed by atoms with Crippen LogP contribution in [0.5, 0.6) is 0 Å². The van der Waals surface area contributed by atoms with Gasteiger partial charge in [-0.2, -0.15) is 0 Å². The number of hydrogen-bond donors (Lipinski definition) is 1. The van der Waals surface area contributed by atoms with Gasteiger partial charge in [0.2, 0.25) is 10.0 Å². The van der Waals surface area contributed by atoms with Gasteiger partial charge < -0.3 is 0 Å². The topological polar surface area (TPSA) is 60.2 Å². The molecule has 0 unspecified atom stereocenters. The van der Waals surface area contributed by atoms with Gasteiger partial charge in [0.15, 0.2) is 11.6 Å². The molecule has 0 aliphatic carbocycles. The maximum atomic E-state index is 13.9. The van der Waals surface area contributed by atoms with Crippen molar-refractivity contribution >= 4 is 10.0 Å². The summed E-state index contributed by atoms with van der Waals surface area (Å²) < 4.78 is 64.2. The Kier molecular flexibility index (Phi) is 4.60. The Labute approximate surface area is 149 Å². The van der Waals surface area contributed by atoms with Crippen LogP contribution in [0.4, 0.5) is 13.2 Å². The Morgan fingerprint density at radius 1 is 0.731 bits per heavy atom. The number of hydrogen-bond acceptors (Lipinski definition) is 2. The second kappa shape index (κ2) is 6.59. The standard InChI is InChI=1S/C19H14F3NO2S/c1-11-2-3-13(8-17(11)20)16-10-19(22)18(21)9-15(16)12-4-6-14(7-5-12)26(23,24)25/h2-10H,1H3,(H2,23,24,25). The molecule has 0 atom stereocenters. The van der Waals surface area contributed by atoms with Gasteiger partial charge in [0.1, 0.15) is 5.82 Å². The van der Waals surface area contributed by atoms with Gasteiger partial charge in [-0.15, -0.1) is 0 Å². The lowest BCUT2D eigenvalue weighted by Gasteiger charge is -2.12. The molecule has 0 fully saturated rings. The van der Waals surface area contributed by atoms with E-state index in [1.165, 1.54) is 30.3 Å². The average Bonchev–Trinajstić information content (AvgIpc) is 2.59. The minimum Gasteiger partial charge on any atom is -0.225 e. The van der Waals surface area contributed by atoms with Gasteiger partial charge >= 0.3 is 0 Å².